The number of ether oxygens (including phenoxy) is 1. The summed E-state index contributed by atoms with van der Waals surface area (Å²) in [5.41, 5.74) is 2.16. The highest BCUT2D eigenvalue weighted by Crippen LogP contribution is 2.20. The summed E-state index contributed by atoms with van der Waals surface area (Å²) in [5, 5.41) is 5.93. The Morgan fingerprint density at radius 1 is 1.07 bits per heavy atom. The molecule has 5 heteroatoms. The van der Waals surface area contributed by atoms with E-state index in [2.05, 4.69) is 10.6 Å². The molecule has 1 aliphatic rings. The Morgan fingerprint density at radius 3 is 2.43 bits per heavy atom. The molecule has 5 nitrogen and oxygen atoms in total. The minimum absolute atomic E-state index is 0.0454. The van der Waals surface area contributed by atoms with Crippen molar-refractivity contribution in [3.8, 4) is 5.75 Å². The lowest BCUT2D eigenvalue weighted by Gasteiger charge is -2.15. The molecule has 0 aliphatic heterocycles. The van der Waals surface area contributed by atoms with Gasteiger partial charge in [-0.15, -0.1) is 0 Å². The van der Waals surface area contributed by atoms with Gasteiger partial charge in [0.15, 0.2) is 6.61 Å². The second-order valence-corrected chi connectivity index (χ2v) is 7.19. The molecule has 1 aliphatic carbocycles. The van der Waals surface area contributed by atoms with E-state index in [1.165, 1.54) is 0 Å². The molecular weight excluding hydrogens is 352 g/mol. The molecule has 0 heterocycles. The van der Waals surface area contributed by atoms with Crippen molar-refractivity contribution in [2.24, 2.45) is 0 Å². The molecule has 2 amide bonds. The van der Waals surface area contributed by atoms with Crippen LogP contribution in [0.15, 0.2) is 54.6 Å². The number of benzene rings is 2. The molecule has 0 aromatic heterocycles. The van der Waals surface area contributed by atoms with Gasteiger partial charge in [-0.1, -0.05) is 49.4 Å². The van der Waals surface area contributed by atoms with Crippen LogP contribution in [0.2, 0.25) is 0 Å². The SMILES string of the molecule is CCC(C(=O)NCCc1ccc(OCC(=O)NC2CC2)cc1)c1ccccc1. The molecule has 0 radical (unpaired) electrons. The first-order valence-corrected chi connectivity index (χ1v) is 9.99. The standard InChI is InChI=1S/C23H28N2O3/c1-2-21(18-6-4-3-5-7-18)23(27)24-15-14-17-8-12-20(13-9-17)28-16-22(26)25-19-10-11-19/h3-9,12-13,19,21H,2,10-11,14-16H2,1H3,(H,24,27)(H,25,26). The topological polar surface area (TPSA) is 67.4 Å². The predicted molar refractivity (Wildman–Crippen MR) is 109 cm³/mol. The van der Waals surface area contributed by atoms with E-state index in [9.17, 15) is 9.59 Å². The molecule has 1 unspecified atom stereocenters. The monoisotopic (exact) mass is 380 g/mol. The number of carbonyl (C=O) groups is 2. The number of amides is 2. The van der Waals surface area contributed by atoms with Crippen LogP contribution in [-0.4, -0.2) is 31.0 Å². The second kappa shape index (κ2) is 9.93. The quantitative estimate of drug-likeness (QED) is 0.665. The van der Waals surface area contributed by atoms with E-state index in [4.69, 9.17) is 4.74 Å². The maximum atomic E-state index is 12.5. The smallest absolute Gasteiger partial charge is 0.258 e. The van der Waals surface area contributed by atoms with Gasteiger partial charge in [-0.3, -0.25) is 9.59 Å². The van der Waals surface area contributed by atoms with Gasteiger partial charge in [-0.05, 0) is 48.9 Å². The Balaban J connectivity index is 1.40. The summed E-state index contributed by atoms with van der Waals surface area (Å²) in [6, 6.07) is 17.9. The molecule has 28 heavy (non-hydrogen) atoms. The van der Waals surface area contributed by atoms with E-state index in [-0.39, 0.29) is 24.3 Å². The zero-order valence-electron chi connectivity index (χ0n) is 16.3. The number of nitrogens with one attached hydrogen (secondary N) is 2. The van der Waals surface area contributed by atoms with Crippen molar-refractivity contribution in [1.29, 1.82) is 0 Å². The normalized spacial score (nSPS) is 14.2. The molecule has 1 fully saturated rings. The third kappa shape index (κ3) is 6.12. The first-order chi connectivity index (χ1) is 13.7. The van der Waals surface area contributed by atoms with E-state index in [0.29, 0.717) is 18.3 Å². The van der Waals surface area contributed by atoms with Gasteiger partial charge in [0.25, 0.3) is 5.91 Å². The molecule has 3 rings (SSSR count). The fraction of sp³-hybridized carbons (Fsp3) is 0.391. The summed E-state index contributed by atoms with van der Waals surface area (Å²) in [4.78, 5) is 24.1. The van der Waals surface area contributed by atoms with Crippen LogP contribution in [0.3, 0.4) is 0 Å². The van der Waals surface area contributed by atoms with Crippen LogP contribution in [0.25, 0.3) is 0 Å². The van der Waals surface area contributed by atoms with Crippen molar-refractivity contribution in [2.75, 3.05) is 13.2 Å². The first kappa shape index (κ1) is 19.9. The molecule has 0 saturated heterocycles. The van der Waals surface area contributed by atoms with E-state index in [1.54, 1.807) is 0 Å². The van der Waals surface area contributed by atoms with Gasteiger partial charge in [0.05, 0.1) is 5.92 Å². The maximum Gasteiger partial charge on any atom is 0.258 e. The average molecular weight is 380 g/mol. The Hall–Kier alpha value is -2.82. The molecule has 0 spiro atoms. The minimum atomic E-state index is -0.112. The highest BCUT2D eigenvalue weighted by atomic mass is 16.5. The van der Waals surface area contributed by atoms with Crippen LogP contribution in [0.1, 0.15) is 43.2 Å². The molecule has 1 atom stereocenters. The number of hydrogen-bond donors (Lipinski definition) is 2. The van der Waals surface area contributed by atoms with Crippen molar-refractivity contribution in [3.63, 3.8) is 0 Å². The summed E-state index contributed by atoms with van der Waals surface area (Å²) in [7, 11) is 0. The Morgan fingerprint density at radius 2 is 1.79 bits per heavy atom. The summed E-state index contributed by atoms with van der Waals surface area (Å²) in [6.45, 7) is 2.66. The fourth-order valence-corrected chi connectivity index (χ4v) is 3.11. The number of hydrogen-bond acceptors (Lipinski definition) is 3. The largest absolute Gasteiger partial charge is 0.484 e. The minimum Gasteiger partial charge on any atom is -0.484 e. The molecular formula is C23H28N2O3. The van der Waals surface area contributed by atoms with Crippen LogP contribution < -0.4 is 15.4 Å². The molecule has 2 aromatic carbocycles. The molecule has 1 saturated carbocycles. The summed E-state index contributed by atoms with van der Waals surface area (Å²) < 4.78 is 5.51. The lowest BCUT2D eigenvalue weighted by atomic mass is 9.95. The average Bonchev–Trinajstić information content (AvgIpc) is 3.53. The summed E-state index contributed by atoms with van der Waals surface area (Å²) >= 11 is 0. The molecule has 2 aromatic rings. The van der Waals surface area contributed by atoms with Crippen LogP contribution in [0.5, 0.6) is 5.75 Å². The van der Waals surface area contributed by atoms with E-state index in [0.717, 1.165) is 36.8 Å². The van der Waals surface area contributed by atoms with Crippen molar-refractivity contribution in [1.82, 2.24) is 10.6 Å². The van der Waals surface area contributed by atoms with E-state index >= 15 is 0 Å². The lowest BCUT2D eigenvalue weighted by molar-refractivity contribution is -0.123. The predicted octanol–water partition coefficient (Wildman–Crippen LogP) is 3.20. The molecule has 148 valence electrons. The molecule has 0 bridgehead atoms. The highest BCUT2D eigenvalue weighted by Gasteiger charge is 2.23. The number of carbonyl (C=O) groups excluding carboxylic acids is 2. The van der Waals surface area contributed by atoms with E-state index < -0.39 is 0 Å². The molecule has 2 N–H and O–H groups in total. The third-order valence-corrected chi connectivity index (χ3v) is 4.88. The van der Waals surface area contributed by atoms with Gasteiger partial charge in [-0.2, -0.15) is 0 Å². The zero-order chi connectivity index (χ0) is 19.8. The van der Waals surface area contributed by atoms with Gasteiger partial charge in [0, 0.05) is 12.6 Å². The van der Waals surface area contributed by atoms with Gasteiger partial charge >= 0.3 is 0 Å². The van der Waals surface area contributed by atoms with Crippen LogP contribution in [0, 0.1) is 0 Å². The van der Waals surface area contributed by atoms with Gasteiger partial charge in [0.1, 0.15) is 5.75 Å². The third-order valence-electron chi connectivity index (χ3n) is 4.88. The van der Waals surface area contributed by atoms with Gasteiger partial charge in [0.2, 0.25) is 5.91 Å². The second-order valence-electron chi connectivity index (χ2n) is 7.19. The number of rotatable bonds is 10. The highest BCUT2D eigenvalue weighted by molar-refractivity contribution is 5.83. The summed E-state index contributed by atoms with van der Waals surface area (Å²) in [5.74, 6) is 0.557. The fourth-order valence-electron chi connectivity index (χ4n) is 3.11. The maximum absolute atomic E-state index is 12.5. The van der Waals surface area contributed by atoms with Crippen molar-refractivity contribution in [3.05, 3.63) is 65.7 Å². The van der Waals surface area contributed by atoms with Crippen molar-refractivity contribution in [2.45, 2.75) is 44.6 Å². The Kier molecular flexibility index (Phi) is 7.06. The van der Waals surface area contributed by atoms with Gasteiger partial charge in [-0.25, -0.2) is 0 Å². The van der Waals surface area contributed by atoms with Crippen molar-refractivity contribution >= 4 is 11.8 Å². The Labute approximate surface area is 166 Å². The van der Waals surface area contributed by atoms with Crippen molar-refractivity contribution < 1.29 is 14.3 Å². The lowest BCUT2D eigenvalue weighted by Crippen LogP contribution is -2.31. The van der Waals surface area contributed by atoms with E-state index in [1.807, 2.05) is 61.5 Å². The summed E-state index contributed by atoms with van der Waals surface area (Å²) in [6.07, 6.45) is 3.66. The van der Waals surface area contributed by atoms with Crippen LogP contribution in [-0.2, 0) is 16.0 Å². The van der Waals surface area contributed by atoms with Gasteiger partial charge < -0.3 is 15.4 Å². The first-order valence-electron chi connectivity index (χ1n) is 9.99. The van der Waals surface area contributed by atoms with Crippen LogP contribution in [0.4, 0.5) is 0 Å². The zero-order valence-corrected chi connectivity index (χ0v) is 16.3. The Bertz CT molecular complexity index is 770. The van der Waals surface area contributed by atoms with Crippen LogP contribution >= 0.6 is 0 Å².